The first-order valence-corrected chi connectivity index (χ1v) is 6.52. The number of fused-ring (bicyclic) bond motifs is 2. The predicted octanol–water partition coefficient (Wildman–Crippen LogP) is 3.02. The minimum atomic E-state index is -0.444. The highest BCUT2D eigenvalue weighted by Gasteiger charge is 2.53. The Morgan fingerprint density at radius 2 is 2.06 bits per heavy atom. The van der Waals surface area contributed by atoms with Crippen LogP contribution in [0, 0.1) is 0 Å². The summed E-state index contributed by atoms with van der Waals surface area (Å²) in [5.41, 5.74) is 2.00. The average Bonchev–Trinajstić information content (AvgIpc) is 2.63. The minimum Gasteiger partial charge on any atom is -0.369 e. The number of ether oxygens (including phenoxy) is 1. The summed E-state index contributed by atoms with van der Waals surface area (Å²) in [6, 6.07) is 10.1. The molecule has 0 unspecified atom stereocenters. The second kappa shape index (κ2) is 4.06. The molecular formula is C16H18O2. The standard InChI is InChI=1S/C16H18O2/c1-11-8-14-10-16(12(2)17,15(9-11)18-14)13-6-4-3-5-7-13/h3-8,14-15H,9-10H2,1-2H3/t14-,15+,16+/m1/s1. The lowest BCUT2D eigenvalue weighted by molar-refractivity contribution is -0.124. The molecule has 3 rings (SSSR count). The lowest BCUT2D eigenvalue weighted by Gasteiger charge is -2.32. The van der Waals surface area contributed by atoms with Crippen LogP contribution in [0.4, 0.5) is 0 Å². The molecule has 0 amide bonds. The fraction of sp³-hybridized carbons (Fsp3) is 0.438. The van der Waals surface area contributed by atoms with Gasteiger partial charge in [0.05, 0.1) is 17.6 Å². The van der Waals surface area contributed by atoms with Crippen LogP contribution in [0.5, 0.6) is 0 Å². The lowest BCUT2D eigenvalue weighted by Crippen LogP contribution is -2.42. The summed E-state index contributed by atoms with van der Waals surface area (Å²) in [6.07, 6.45) is 3.93. The van der Waals surface area contributed by atoms with Gasteiger partial charge in [0.25, 0.3) is 0 Å². The molecule has 0 saturated carbocycles. The highest BCUT2D eigenvalue weighted by atomic mass is 16.5. The number of carbonyl (C=O) groups is 1. The van der Waals surface area contributed by atoms with Gasteiger partial charge in [-0.05, 0) is 32.3 Å². The van der Waals surface area contributed by atoms with E-state index in [9.17, 15) is 4.79 Å². The van der Waals surface area contributed by atoms with Gasteiger partial charge in [-0.25, -0.2) is 0 Å². The molecule has 1 aromatic carbocycles. The first-order chi connectivity index (χ1) is 8.63. The Kier molecular flexibility index (Phi) is 2.63. The summed E-state index contributed by atoms with van der Waals surface area (Å²) >= 11 is 0. The van der Waals surface area contributed by atoms with Crippen LogP contribution in [0.15, 0.2) is 42.0 Å². The van der Waals surface area contributed by atoms with Crippen LogP contribution >= 0.6 is 0 Å². The Hall–Kier alpha value is -1.41. The van der Waals surface area contributed by atoms with Gasteiger partial charge < -0.3 is 4.74 Å². The fourth-order valence-electron chi connectivity index (χ4n) is 3.44. The summed E-state index contributed by atoms with van der Waals surface area (Å²) in [4.78, 5) is 12.3. The van der Waals surface area contributed by atoms with E-state index < -0.39 is 5.41 Å². The van der Waals surface area contributed by atoms with Crippen LogP contribution in [0.2, 0.25) is 0 Å². The minimum absolute atomic E-state index is 0.00685. The van der Waals surface area contributed by atoms with Crippen molar-refractivity contribution in [2.75, 3.05) is 0 Å². The summed E-state index contributed by atoms with van der Waals surface area (Å²) in [5.74, 6) is 0.226. The lowest BCUT2D eigenvalue weighted by atomic mass is 9.70. The van der Waals surface area contributed by atoms with Crippen LogP contribution in [0.1, 0.15) is 32.3 Å². The third-order valence-corrected chi connectivity index (χ3v) is 4.31. The van der Waals surface area contributed by atoms with Crippen molar-refractivity contribution in [2.45, 2.75) is 44.3 Å². The molecule has 18 heavy (non-hydrogen) atoms. The molecule has 2 bridgehead atoms. The van der Waals surface area contributed by atoms with Gasteiger partial charge in [0.1, 0.15) is 5.78 Å². The Bertz CT molecular complexity index is 503. The third kappa shape index (κ3) is 1.56. The van der Waals surface area contributed by atoms with E-state index in [0.717, 1.165) is 18.4 Å². The number of benzene rings is 1. The number of hydrogen-bond donors (Lipinski definition) is 0. The maximum Gasteiger partial charge on any atom is 0.143 e. The van der Waals surface area contributed by atoms with Crippen molar-refractivity contribution in [3.05, 3.63) is 47.5 Å². The molecule has 0 aromatic heterocycles. The zero-order valence-electron chi connectivity index (χ0n) is 10.8. The van der Waals surface area contributed by atoms with Gasteiger partial charge in [0.15, 0.2) is 0 Å². The first-order valence-electron chi connectivity index (χ1n) is 6.52. The van der Waals surface area contributed by atoms with Gasteiger partial charge in [-0.1, -0.05) is 42.0 Å². The van der Waals surface area contributed by atoms with Gasteiger partial charge in [-0.3, -0.25) is 4.79 Å². The Morgan fingerprint density at radius 1 is 1.33 bits per heavy atom. The smallest absolute Gasteiger partial charge is 0.143 e. The number of hydrogen-bond acceptors (Lipinski definition) is 2. The molecule has 1 saturated heterocycles. The Balaban J connectivity index is 2.09. The normalized spacial score (nSPS) is 34.2. The van der Waals surface area contributed by atoms with Gasteiger partial charge in [0, 0.05) is 0 Å². The zero-order chi connectivity index (χ0) is 12.8. The average molecular weight is 242 g/mol. The van der Waals surface area contributed by atoms with E-state index in [1.54, 1.807) is 6.92 Å². The third-order valence-electron chi connectivity index (χ3n) is 4.31. The largest absolute Gasteiger partial charge is 0.369 e. The highest BCUT2D eigenvalue weighted by Crippen LogP contribution is 2.47. The van der Waals surface area contributed by atoms with E-state index >= 15 is 0 Å². The second-order valence-corrected chi connectivity index (χ2v) is 5.48. The van der Waals surface area contributed by atoms with Crippen molar-refractivity contribution < 1.29 is 9.53 Å². The molecule has 2 nitrogen and oxygen atoms in total. The van der Waals surface area contributed by atoms with E-state index in [-0.39, 0.29) is 18.0 Å². The van der Waals surface area contributed by atoms with Crippen molar-refractivity contribution in [3.63, 3.8) is 0 Å². The first kappa shape index (κ1) is 11.7. The maximum absolute atomic E-state index is 12.3. The van der Waals surface area contributed by atoms with E-state index in [0.29, 0.717) is 0 Å². The quantitative estimate of drug-likeness (QED) is 0.745. The topological polar surface area (TPSA) is 26.3 Å². The summed E-state index contributed by atoms with van der Waals surface area (Å²) in [5, 5.41) is 0. The van der Waals surface area contributed by atoms with Crippen molar-refractivity contribution in [2.24, 2.45) is 0 Å². The second-order valence-electron chi connectivity index (χ2n) is 5.48. The monoisotopic (exact) mass is 242 g/mol. The molecule has 0 aliphatic carbocycles. The van der Waals surface area contributed by atoms with Gasteiger partial charge >= 0.3 is 0 Å². The predicted molar refractivity (Wildman–Crippen MR) is 70.5 cm³/mol. The van der Waals surface area contributed by atoms with E-state index in [4.69, 9.17) is 4.74 Å². The van der Waals surface area contributed by atoms with Crippen molar-refractivity contribution in [1.29, 1.82) is 0 Å². The maximum atomic E-state index is 12.3. The van der Waals surface area contributed by atoms with E-state index in [2.05, 4.69) is 25.1 Å². The number of carbonyl (C=O) groups excluding carboxylic acids is 1. The van der Waals surface area contributed by atoms with E-state index in [1.807, 2.05) is 18.2 Å². The molecule has 0 radical (unpaired) electrons. The molecule has 0 spiro atoms. The molecule has 94 valence electrons. The molecule has 2 aliphatic rings. The molecule has 2 heteroatoms. The van der Waals surface area contributed by atoms with Crippen LogP contribution < -0.4 is 0 Å². The molecule has 2 aliphatic heterocycles. The summed E-state index contributed by atoms with van der Waals surface area (Å²) in [6.45, 7) is 3.83. The van der Waals surface area contributed by atoms with E-state index in [1.165, 1.54) is 5.57 Å². The van der Waals surface area contributed by atoms with Crippen LogP contribution in [0.3, 0.4) is 0 Å². The number of rotatable bonds is 2. The van der Waals surface area contributed by atoms with Gasteiger partial charge in [-0.2, -0.15) is 0 Å². The molecule has 3 atom stereocenters. The van der Waals surface area contributed by atoms with Crippen molar-refractivity contribution >= 4 is 5.78 Å². The Labute approximate surface area is 108 Å². The SMILES string of the molecule is CC(=O)[C@]1(c2ccccc2)C[C@H]2C=C(C)C[C@@H]1O2. The Morgan fingerprint density at radius 3 is 2.72 bits per heavy atom. The number of ketones is 1. The van der Waals surface area contributed by atoms with Gasteiger partial charge in [0.2, 0.25) is 0 Å². The highest BCUT2D eigenvalue weighted by molar-refractivity contribution is 5.89. The van der Waals surface area contributed by atoms with Crippen molar-refractivity contribution in [3.8, 4) is 0 Å². The summed E-state index contributed by atoms with van der Waals surface area (Å²) < 4.78 is 6.00. The number of Topliss-reactive ketones (excluding diaryl/α,β-unsaturated/α-hetero) is 1. The van der Waals surface area contributed by atoms with Gasteiger partial charge in [-0.15, -0.1) is 0 Å². The molecule has 1 aromatic rings. The molecule has 2 heterocycles. The van der Waals surface area contributed by atoms with Crippen LogP contribution in [0.25, 0.3) is 0 Å². The van der Waals surface area contributed by atoms with Crippen LogP contribution in [-0.4, -0.2) is 18.0 Å². The summed E-state index contributed by atoms with van der Waals surface area (Å²) in [7, 11) is 0. The fourth-order valence-corrected chi connectivity index (χ4v) is 3.44. The molecular weight excluding hydrogens is 224 g/mol. The molecule has 1 fully saturated rings. The molecule has 0 N–H and O–H groups in total. The van der Waals surface area contributed by atoms with Crippen molar-refractivity contribution in [1.82, 2.24) is 0 Å². The van der Waals surface area contributed by atoms with Crippen LogP contribution in [-0.2, 0) is 14.9 Å². The zero-order valence-corrected chi connectivity index (χ0v) is 10.8.